The Morgan fingerprint density at radius 1 is 0.316 bits per heavy atom. The first-order chi connectivity index (χ1) is 28.3. The van der Waals surface area contributed by atoms with Gasteiger partial charge in [-0.15, -0.1) is 11.3 Å². The Hall–Kier alpha value is -7.20. The van der Waals surface area contributed by atoms with Crippen LogP contribution in [-0.4, -0.2) is 9.13 Å². The van der Waals surface area contributed by atoms with Crippen molar-refractivity contribution >= 4 is 107 Å². The van der Waals surface area contributed by atoms with Crippen LogP contribution in [0.4, 0.5) is 0 Å². The first-order valence-corrected chi connectivity index (χ1v) is 20.4. The Morgan fingerprint density at radius 3 is 1.58 bits per heavy atom. The summed E-state index contributed by atoms with van der Waals surface area (Å²) in [5, 5.41) is 15.7. The third-order valence-corrected chi connectivity index (χ3v) is 13.4. The second-order valence-electron chi connectivity index (χ2n) is 15.2. The van der Waals surface area contributed by atoms with Crippen molar-refractivity contribution in [1.82, 2.24) is 9.13 Å². The number of nitrogens with zero attached hydrogens (tertiary/aromatic N) is 2. The van der Waals surface area contributed by atoms with E-state index in [4.69, 9.17) is 0 Å². The van der Waals surface area contributed by atoms with Crippen LogP contribution in [-0.2, 0) is 0 Å². The van der Waals surface area contributed by atoms with Crippen LogP contribution in [0.3, 0.4) is 0 Å². The van der Waals surface area contributed by atoms with Crippen molar-refractivity contribution in [2.24, 2.45) is 0 Å². The van der Waals surface area contributed by atoms with Crippen molar-refractivity contribution in [3.05, 3.63) is 194 Å². The van der Waals surface area contributed by atoms with Gasteiger partial charge in [0.1, 0.15) is 0 Å². The number of fused-ring (bicyclic) bond motifs is 18. The summed E-state index contributed by atoms with van der Waals surface area (Å²) in [5.41, 5.74) is 9.66. The largest absolute Gasteiger partial charge is 0.309 e. The molecule has 13 rings (SSSR count). The highest BCUT2D eigenvalue weighted by molar-refractivity contribution is 7.27. The van der Waals surface area contributed by atoms with Crippen LogP contribution < -0.4 is 0 Å². The first kappa shape index (κ1) is 31.1. The summed E-state index contributed by atoms with van der Waals surface area (Å²) in [4.78, 5) is 0. The van der Waals surface area contributed by atoms with E-state index < -0.39 is 0 Å². The van der Waals surface area contributed by atoms with E-state index in [1.54, 1.807) is 0 Å². The third kappa shape index (κ3) is 4.19. The molecule has 10 aromatic carbocycles. The minimum Gasteiger partial charge on any atom is -0.309 e. The summed E-state index contributed by atoms with van der Waals surface area (Å²) in [6, 6.07) is 71.6. The number of hydrogen-bond acceptors (Lipinski definition) is 1. The molecule has 0 amide bonds. The van der Waals surface area contributed by atoms with Gasteiger partial charge in [-0.2, -0.15) is 0 Å². The van der Waals surface area contributed by atoms with Crippen LogP contribution in [0.2, 0.25) is 0 Å². The van der Waals surface area contributed by atoms with Gasteiger partial charge in [-0.05, 0) is 81.2 Å². The summed E-state index contributed by atoms with van der Waals surface area (Å²) >= 11 is 1.92. The predicted molar refractivity (Wildman–Crippen MR) is 246 cm³/mol. The number of benzene rings is 10. The lowest BCUT2D eigenvalue weighted by atomic mass is 9.89. The zero-order valence-electron chi connectivity index (χ0n) is 30.8. The molecule has 0 saturated heterocycles. The lowest BCUT2D eigenvalue weighted by molar-refractivity contribution is 1.18. The third-order valence-electron chi connectivity index (χ3n) is 12.2. The Balaban J connectivity index is 1.19. The minimum atomic E-state index is 1.16. The molecule has 0 N–H and O–H groups in total. The van der Waals surface area contributed by atoms with Crippen molar-refractivity contribution < 1.29 is 0 Å². The molecule has 0 aliphatic carbocycles. The lowest BCUT2D eigenvalue weighted by Gasteiger charge is -2.15. The van der Waals surface area contributed by atoms with Gasteiger partial charge in [0.15, 0.2) is 0 Å². The smallest absolute Gasteiger partial charge is 0.0726 e. The fourth-order valence-corrected chi connectivity index (χ4v) is 11.3. The van der Waals surface area contributed by atoms with E-state index >= 15 is 0 Å². The molecule has 57 heavy (non-hydrogen) atoms. The van der Waals surface area contributed by atoms with Gasteiger partial charge >= 0.3 is 0 Å². The Labute approximate surface area is 331 Å². The van der Waals surface area contributed by atoms with Gasteiger partial charge in [0.2, 0.25) is 0 Å². The molecule has 3 heteroatoms. The maximum Gasteiger partial charge on any atom is 0.0726 e. The first-order valence-electron chi connectivity index (χ1n) is 19.6. The molecule has 0 radical (unpaired) electrons. The second-order valence-corrected chi connectivity index (χ2v) is 16.2. The Kier molecular flexibility index (Phi) is 6.35. The zero-order chi connectivity index (χ0) is 37.2. The quantitative estimate of drug-likeness (QED) is 0.160. The lowest BCUT2D eigenvalue weighted by Crippen LogP contribution is -1.95. The van der Waals surface area contributed by atoms with Crippen molar-refractivity contribution in [3.63, 3.8) is 0 Å². The van der Waals surface area contributed by atoms with E-state index in [1.165, 1.54) is 113 Å². The summed E-state index contributed by atoms with van der Waals surface area (Å²) in [7, 11) is 0. The average Bonchev–Trinajstić information content (AvgIpc) is 3.95. The van der Waals surface area contributed by atoms with E-state index in [0.717, 1.165) is 5.69 Å². The minimum absolute atomic E-state index is 1.16. The molecule has 0 saturated carbocycles. The normalized spacial score (nSPS) is 12.2. The van der Waals surface area contributed by atoms with Crippen LogP contribution >= 0.6 is 11.3 Å². The predicted octanol–water partition coefficient (Wildman–Crippen LogP) is 15.4. The molecule has 0 bridgehead atoms. The average molecular weight is 741 g/mol. The molecule has 264 valence electrons. The van der Waals surface area contributed by atoms with Crippen LogP contribution in [0.15, 0.2) is 194 Å². The van der Waals surface area contributed by atoms with Gasteiger partial charge in [-0.25, -0.2) is 0 Å². The van der Waals surface area contributed by atoms with E-state index in [-0.39, 0.29) is 0 Å². The number of aromatic nitrogens is 2. The van der Waals surface area contributed by atoms with Crippen LogP contribution in [0.5, 0.6) is 0 Å². The highest BCUT2D eigenvalue weighted by Gasteiger charge is 2.25. The summed E-state index contributed by atoms with van der Waals surface area (Å²) in [6.45, 7) is 0. The fraction of sp³-hybridized carbons (Fsp3) is 0. The molecule has 0 aliphatic rings. The second kappa shape index (κ2) is 11.7. The van der Waals surface area contributed by atoms with E-state index in [1.807, 2.05) is 11.3 Å². The van der Waals surface area contributed by atoms with Gasteiger partial charge in [0.25, 0.3) is 0 Å². The zero-order valence-corrected chi connectivity index (χ0v) is 31.6. The Morgan fingerprint density at radius 2 is 0.842 bits per heavy atom. The van der Waals surface area contributed by atoms with Crippen molar-refractivity contribution in [2.75, 3.05) is 0 Å². The van der Waals surface area contributed by atoms with Crippen molar-refractivity contribution in [1.29, 1.82) is 0 Å². The van der Waals surface area contributed by atoms with Gasteiger partial charge < -0.3 is 9.13 Å². The molecule has 0 fully saturated rings. The molecule has 13 aromatic rings. The van der Waals surface area contributed by atoms with Crippen molar-refractivity contribution in [2.45, 2.75) is 0 Å². The van der Waals surface area contributed by atoms with Crippen LogP contribution in [0, 0.1) is 0 Å². The maximum absolute atomic E-state index is 2.56. The number of hydrogen-bond donors (Lipinski definition) is 0. The molecule has 3 heterocycles. The Bertz CT molecular complexity index is 3810. The number of thiophene rings is 1. The molecule has 0 unspecified atom stereocenters. The SMILES string of the molecule is c1ccc(-n2c3ccccc3c3c(-c4cccc(-n5c6ccccc6c6c7c8ccccc8c8ccccc8c7c7c8ccccc8sc7c65)c4)cccc32)cc1. The fourth-order valence-electron chi connectivity index (χ4n) is 10.0. The molecule has 0 spiro atoms. The maximum atomic E-state index is 2.56. The molecule has 0 aliphatic heterocycles. The van der Waals surface area contributed by atoms with E-state index in [2.05, 4.69) is 203 Å². The summed E-state index contributed by atoms with van der Waals surface area (Å²) < 4.78 is 7.60. The highest BCUT2D eigenvalue weighted by Crippen LogP contribution is 2.52. The monoisotopic (exact) mass is 740 g/mol. The van der Waals surface area contributed by atoms with E-state index in [0.29, 0.717) is 0 Å². The van der Waals surface area contributed by atoms with Gasteiger partial charge in [-0.1, -0.05) is 146 Å². The van der Waals surface area contributed by atoms with E-state index in [9.17, 15) is 0 Å². The molecular formula is C54H32N2S. The number of para-hydroxylation sites is 3. The molecule has 3 aromatic heterocycles. The van der Waals surface area contributed by atoms with Crippen LogP contribution in [0.1, 0.15) is 0 Å². The topological polar surface area (TPSA) is 9.86 Å². The standard InChI is InChI=1S/C54H32N2S/c1-2-17-34(18-3-1)55-44-28-11-8-24-41(44)48-36(27-15-30-46(48)55)33-16-14-19-35(32-33)56-45-29-12-9-25-42(45)51-49-39-22-6-4-20-37(39)38-21-5-7-23-40(38)50(49)52-43-26-10-13-31-47(43)57-54(52)53(51)56/h1-32H. The van der Waals surface area contributed by atoms with Gasteiger partial charge in [0, 0.05) is 59.2 Å². The molecular weight excluding hydrogens is 709 g/mol. The summed E-state index contributed by atoms with van der Waals surface area (Å²) in [5.74, 6) is 0. The molecule has 0 atom stereocenters. The van der Waals surface area contributed by atoms with Gasteiger partial charge in [-0.3, -0.25) is 0 Å². The van der Waals surface area contributed by atoms with Crippen LogP contribution in [0.25, 0.3) is 119 Å². The van der Waals surface area contributed by atoms with Crippen molar-refractivity contribution in [3.8, 4) is 22.5 Å². The highest BCUT2D eigenvalue weighted by atomic mass is 32.1. The number of rotatable bonds is 3. The molecule has 2 nitrogen and oxygen atoms in total. The summed E-state index contributed by atoms with van der Waals surface area (Å²) in [6.07, 6.45) is 0. The van der Waals surface area contributed by atoms with Gasteiger partial charge in [0.05, 0.1) is 26.8 Å².